The largest absolute Gasteiger partial charge is 0.346 e. The van der Waals surface area contributed by atoms with E-state index in [1.165, 1.54) is 32.1 Å². The van der Waals surface area contributed by atoms with E-state index in [0.29, 0.717) is 12.3 Å². The Hall–Kier alpha value is -3.41. The molecule has 4 aromatic rings. The van der Waals surface area contributed by atoms with Crippen molar-refractivity contribution in [1.29, 1.82) is 0 Å². The van der Waals surface area contributed by atoms with E-state index < -0.39 is 0 Å². The summed E-state index contributed by atoms with van der Waals surface area (Å²) >= 11 is 0. The van der Waals surface area contributed by atoms with Crippen LogP contribution >= 0.6 is 0 Å². The van der Waals surface area contributed by atoms with Crippen LogP contribution in [0.5, 0.6) is 0 Å². The van der Waals surface area contributed by atoms with E-state index in [4.69, 9.17) is 5.10 Å². The third-order valence-corrected chi connectivity index (χ3v) is 6.48. The number of amides is 1. The first-order valence-corrected chi connectivity index (χ1v) is 11.6. The minimum Gasteiger partial charge on any atom is -0.346 e. The summed E-state index contributed by atoms with van der Waals surface area (Å²) in [6.07, 6.45) is 12.6. The predicted octanol–water partition coefficient (Wildman–Crippen LogP) is 6.02. The standard InChI is InChI=1S/C26H29N5O/c1-2-31-17-23(21-12-14-27-26-22(21)13-15-28-26)25(30-31)19-8-10-20(11-9-19)29-24(32)16-18-6-4-3-5-7-18/h8-15,17-18H,2-7,16H2,1H3,(H,27,28)(H,29,32). The number of pyridine rings is 1. The molecule has 6 nitrogen and oxygen atoms in total. The van der Waals surface area contributed by atoms with Gasteiger partial charge in [0.05, 0.1) is 0 Å². The summed E-state index contributed by atoms with van der Waals surface area (Å²) in [7, 11) is 0. The second-order valence-corrected chi connectivity index (χ2v) is 8.68. The molecule has 3 aromatic heterocycles. The fraction of sp³-hybridized carbons (Fsp3) is 0.346. The topological polar surface area (TPSA) is 75.6 Å². The van der Waals surface area contributed by atoms with Gasteiger partial charge in [-0.15, -0.1) is 0 Å². The SMILES string of the molecule is CCn1cc(-c2ccnc3[nH]ccc23)c(-c2ccc(NC(=O)CC3CCCCC3)cc2)n1. The average molecular weight is 428 g/mol. The van der Waals surface area contributed by atoms with Gasteiger partial charge < -0.3 is 10.3 Å². The summed E-state index contributed by atoms with van der Waals surface area (Å²) in [4.78, 5) is 20.1. The number of carbonyl (C=O) groups is 1. The molecule has 2 N–H and O–H groups in total. The van der Waals surface area contributed by atoms with Crippen molar-refractivity contribution in [3.8, 4) is 22.4 Å². The number of nitrogens with zero attached hydrogens (tertiary/aromatic N) is 3. The Morgan fingerprint density at radius 3 is 2.69 bits per heavy atom. The Morgan fingerprint density at radius 1 is 1.09 bits per heavy atom. The van der Waals surface area contributed by atoms with E-state index in [1.807, 2.05) is 47.4 Å². The summed E-state index contributed by atoms with van der Waals surface area (Å²) in [5, 5.41) is 8.99. The van der Waals surface area contributed by atoms with Crippen molar-refractivity contribution in [2.45, 2.75) is 52.0 Å². The summed E-state index contributed by atoms with van der Waals surface area (Å²) in [6, 6.07) is 12.1. The van der Waals surface area contributed by atoms with Crippen LogP contribution in [0.25, 0.3) is 33.4 Å². The Labute approximate surface area is 188 Å². The molecule has 0 radical (unpaired) electrons. The first-order valence-electron chi connectivity index (χ1n) is 11.6. The van der Waals surface area contributed by atoms with Crippen LogP contribution in [0.3, 0.4) is 0 Å². The van der Waals surface area contributed by atoms with E-state index in [2.05, 4.69) is 34.5 Å². The molecule has 32 heavy (non-hydrogen) atoms. The normalized spacial score (nSPS) is 14.7. The van der Waals surface area contributed by atoms with Crippen LogP contribution in [-0.4, -0.2) is 25.7 Å². The van der Waals surface area contributed by atoms with Gasteiger partial charge in [0.15, 0.2) is 0 Å². The fourth-order valence-corrected chi connectivity index (χ4v) is 4.77. The molecular weight excluding hydrogens is 398 g/mol. The highest BCUT2D eigenvalue weighted by Gasteiger charge is 2.18. The van der Waals surface area contributed by atoms with Crippen LogP contribution < -0.4 is 5.32 Å². The average Bonchev–Trinajstić information content (AvgIpc) is 3.47. The lowest BCUT2D eigenvalue weighted by Crippen LogP contribution is -2.18. The van der Waals surface area contributed by atoms with Gasteiger partial charge in [-0.25, -0.2) is 4.98 Å². The zero-order chi connectivity index (χ0) is 21.9. The van der Waals surface area contributed by atoms with E-state index in [-0.39, 0.29) is 5.91 Å². The van der Waals surface area contributed by atoms with Gasteiger partial charge in [-0.2, -0.15) is 5.10 Å². The number of aromatic nitrogens is 4. The van der Waals surface area contributed by atoms with Gasteiger partial charge in [0.25, 0.3) is 0 Å². The molecule has 164 valence electrons. The van der Waals surface area contributed by atoms with Gasteiger partial charge in [-0.1, -0.05) is 31.4 Å². The molecular formula is C26H29N5O. The number of hydrogen-bond acceptors (Lipinski definition) is 3. The predicted molar refractivity (Wildman–Crippen MR) is 128 cm³/mol. The van der Waals surface area contributed by atoms with Crippen LogP contribution in [0, 0.1) is 5.92 Å². The number of benzene rings is 1. The maximum Gasteiger partial charge on any atom is 0.224 e. The van der Waals surface area contributed by atoms with Crippen LogP contribution in [0.4, 0.5) is 5.69 Å². The van der Waals surface area contributed by atoms with Crippen LogP contribution in [-0.2, 0) is 11.3 Å². The van der Waals surface area contributed by atoms with Gasteiger partial charge >= 0.3 is 0 Å². The Balaban J connectivity index is 1.39. The highest BCUT2D eigenvalue weighted by molar-refractivity contribution is 5.97. The summed E-state index contributed by atoms with van der Waals surface area (Å²) in [5.74, 6) is 0.654. The molecule has 1 amide bonds. The third-order valence-electron chi connectivity index (χ3n) is 6.48. The van der Waals surface area contributed by atoms with Crippen molar-refractivity contribution >= 4 is 22.6 Å². The zero-order valence-electron chi connectivity index (χ0n) is 18.5. The van der Waals surface area contributed by atoms with Crippen molar-refractivity contribution < 1.29 is 4.79 Å². The van der Waals surface area contributed by atoms with Gasteiger partial charge in [-0.05, 0) is 55.5 Å². The molecule has 5 rings (SSSR count). The zero-order valence-corrected chi connectivity index (χ0v) is 18.5. The molecule has 1 aromatic carbocycles. The third kappa shape index (κ3) is 4.17. The first-order chi connectivity index (χ1) is 15.7. The van der Waals surface area contributed by atoms with E-state index in [0.717, 1.165) is 45.6 Å². The number of fused-ring (bicyclic) bond motifs is 1. The van der Waals surface area contributed by atoms with Gasteiger partial charge in [0.2, 0.25) is 5.91 Å². The molecule has 0 aliphatic heterocycles. The summed E-state index contributed by atoms with van der Waals surface area (Å²) in [5.41, 5.74) is 5.85. The highest BCUT2D eigenvalue weighted by atomic mass is 16.1. The number of hydrogen-bond donors (Lipinski definition) is 2. The number of rotatable bonds is 6. The first kappa shape index (κ1) is 20.5. The van der Waals surface area contributed by atoms with Crippen molar-refractivity contribution in [3.05, 3.63) is 55.0 Å². The monoisotopic (exact) mass is 427 g/mol. The van der Waals surface area contributed by atoms with Crippen LogP contribution in [0.1, 0.15) is 45.4 Å². The van der Waals surface area contributed by atoms with Crippen molar-refractivity contribution in [2.75, 3.05) is 5.32 Å². The lowest BCUT2D eigenvalue weighted by atomic mass is 9.87. The number of aromatic amines is 1. The molecule has 0 bridgehead atoms. The Morgan fingerprint density at radius 2 is 1.91 bits per heavy atom. The summed E-state index contributed by atoms with van der Waals surface area (Å²) in [6.45, 7) is 2.88. The second kappa shape index (κ2) is 8.99. The smallest absolute Gasteiger partial charge is 0.224 e. The molecule has 0 saturated heterocycles. The molecule has 1 saturated carbocycles. The number of carbonyl (C=O) groups excluding carboxylic acids is 1. The van der Waals surface area contributed by atoms with E-state index >= 15 is 0 Å². The van der Waals surface area contributed by atoms with Crippen LogP contribution in [0.2, 0.25) is 0 Å². The fourth-order valence-electron chi connectivity index (χ4n) is 4.77. The molecule has 0 spiro atoms. The molecule has 1 aliphatic carbocycles. The molecule has 3 heterocycles. The van der Waals surface area contributed by atoms with Crippen molar-refractivity contribution in [3.63, 3.8) is 0 Å². The quantitative estimate of drug-likeness (QED) is 0.395. The minimum atomic E-state index is 0.118. The van der Waals surface area contributed by atoms with E-state index in [1.54, 1.807) is 0 Å². The van der Waals surface area contributed by atoms with Crippen molar-refractivity contribution in [1.82, 2.24) is 19.7 Å². The second-order valence-electron chi connectivity index (χ2n) is 8.68. The van der Waals surface area contributed by atoms with Crippen molar-refractivity contribution in [2.24, 2.45) is 5.92 Å². The summed E-state index contributed by atoms with van der Waals surface area (Å²) < 4.78 is 1.96. The number of aryl methyl sites for hydroxylation is 1. The molecule has 1 fully saturated rings. The number of nitrogens with one attached hydrogen (secondary N) is 2. The van der Waals surface area contributed by atoms with Gasteiger partial charge in [-0.3, -0.25) is 9.48 Å². The van der Waals surface area contributed by atoms with Crippen LogP contribution in [0.15, 0.2) is 55.0 Å². The molecule has 0 atom stereocenters. The van der Waals surface area contributed by atoms with E-state index in [9.17, 15) is 4.79 Å². The molecule has 1 aliphatic rings. The lowest BCUT2D eigenvalue weighted by Gasteiger charge is -2.20. The van der Waals surface area contributed by atoms with Gasteiger partial charge in [0, 0.05) is 53.8 Å². The maximum absolute atomic E-state index is 12.5. The highest BCUT2D eigenvalue weighted by Crippen LogP contribution is 2.35. The number of anilines is 1. The maximum atomic E-state index is 12.5. The molecule has 6 heteroatoms. The minimum absolute atomic E-state index is 0.118. The Kier molecular flexibility index (Phi) is 5.75. The number of H-pyrrole nitrogens is 1. The lowest BCUT2D eigenvalue weighted by molar-refractivity contribution is -0.117. The van der Waals surface area contributed by atoms with Gasteiger partial charge in [0.1, 0.15) is 11.3 Å². The Bertz CT molecular complexity index is 1210. The molecule has 0 unspecified atom stereocenters.